The number of hydrogen-bond donors (Lipinski definition) is 0. The summed E-state index contributed by atoms with van der Waals surface area (Å²) in [5.41, 5.74) is 3.69. The number of carbonyl (C=O) groups is 1. The Balaban J connectivity index is 2.00. The minimum Gasteiger partial charge on any atom is -0.339 e. The molecule has 0 bridgehead atoms. The molecule has 0 saturated heterocycles. The van der Waals surface area contributed by atoms with Gasteiger partial charge < -0.3 is 4.90 Å². The molecule has 1 heterocycles. The van der Waals surface area contributed by atoms with Gasteiger partial charge in [-0.2, -0.15) is 0 Å². The summed E-state index contributed by atoms with van der Waals surface area (Å²) in [7, 11) is 0. The van der Waals surface area contributed by atoms with Crippen molar-refractivity contribution < 1.29 is 4.79 Å². The van der Waals surface area contributed by atoms with Gasteiger partial charge in [-0.05, 0) is 50.1 Å². The average Bonchev–Trinajstić information content (AvgIpc) is 2.96. The van der Waals surface area contributed by atoms with E-state index < -0.39 is 0 Å². The zero-order valence-corrected chi connectivity index (χ0v) is 15.2. The maximum atomic E-state index is 12.8. The zero-order valence-electron chi connectivity index (χ0n) is 15.2. The lowest BCUT2D eigenvalue weighted by Crippen LogP contribution is -2.32. The van der Waals surface area contributed by atoms with Crippen molar-refractivity contribution in [2.75, 3.05) is 13.1 Å². The van der Waals surface area contributed by atoms with Crippen LogP contribution in [0.4, 0.5) is 0 Å². The first kappa shape index (κ1) is 17.2. The molecule has 0 fully saturated rings. The van der Waals surface area contributed by atoms with Crippen molar-refractivity contribution in [2.24, 2.45) is 0 Å². The van der Waals surface area contributed by atoms with Gasteiger partial charge in [-0.3, -0.25) is 9.36 Å². The molecule has 3 aromatic rings. The molecule has 0 aliphatic heterocycles. The van der Waals surface area contributed by atoms with Crippen molar-refractivity contribution in [1.82, 2.24) is 14.5 Å². The molecular weight excluding hydrogens is 310 g/mol. The van der Waals surface area contributed by atoms with Gasteiger partial charge in [0, 0.05) is 24.3 Å². The second kappa shape index (κ2) is 7.51. The Morgan fingerprint density at radius 1 is 1.04 bits per heavy atom. The van der Waals surface area contributed by atoms with Crippen LogP contribution in [0.2, 0.25) is 0 Å². The first-order valence-electron chi connectivity index (χ1n) is 8.99. The van der Waals surface area contributed by atoms with E-state index in [2.05, 4.69) is 35.5 Å². The predicted octanol–water partition coefficient (Wildman–Crippen LogP) is 4.60. The normalized spacial score (nSPS) is 11.0. The highest BCUT2D eigenvalue weighted by atomic mass is 16.2. The fraction of sp³-hybridized carbons (Fsp3) is 0.333. The fourth-order valence-corrected chi connectivity index (χ4v) is 3.27. The van der Waals surface area contributed by atoms with Gasteiger partial charge in [0.25, 0.3) is 5.91 Å². The summed E-state index contributed by atoms with van der Waals surface area (Å²) < 4.78 is 2.12. The number of nitrogens with zero attached hydrogens (tertiary/aromatic N) is 3. The van der Waals surface area contributed by atoms with Gasteiger partial charge in [0.05, 0.1) is 11.0 Å². The summed E-state index contributed by atoms with van der Waals surface area (Å²) in [6.07, 6.45) is 1.94. The van der Waals surface area contributed by atoms with E-state index in [-0.39, 0.29) is 5.91 Å². The van der Waals surface area contributed by atoms with Crippen molar-refractivity contribution >= 4 is 16.9 Å². The first-order chi connectivity index (χ1) is 12.2. The number of imidazole rings is 1. The number of aryl methyl sites for hydroxylation is 1. The van der Waals surface area contributed by atoms with Crippen LogP contribution in [-0.2, 0) is 0 Å². The molecule has 130 valence electrons. The molecule has 0 spiro atoms. The Bertz CT molecular complexity index is 861. The number of para-hydroxylation sites is 1. The Kier molecular flexibility index (Phi) is 5.17. The van der Waals surface area contributed by atoms with Gasteiger partial charge >= 0.3 is 0 Å². The summed E-state index contributed by atoms with van der Waals surface area (Å²) in [5.74, 6) is 1.02. The zero-order chi connectivity index (χ0) is 17.8. The molecule has 4 nitrogen and oxygen atoms in total. The smallest absolute Gasteiger partial charge is 0.253 e. The van der Waals surface area contributed by atoms with Crippen molar-refractivity contribution in [1.29, 1.82) is 0 Å². The summed E-state index contributed by atoms with van der Waals surface area (Å²) in [6.45, 7) is 7.79. The fourth-order valence-electron chi connectivity index (χ4n) is 3.27. The molecule has 25 heavy (non-hydrogen) atoms. The number of benzene rings is 2. The van der Waals surface area contributed by atoms with Crippen LogP contribution in [0.25, 0.3) is 16.7 Å². The molecule has 2 aromatic carbocycles. The van der Waals surface area contributed by atoms with E-state index in [1.54, 1.807) is 0 Å². The average molecular weight is 335 g/mol. The third kappa shape index (κ3) is 3.43. The van der Waals surface area contributed by atoms with Crippen LogP contribution in [0.1, 0.15) is 42.9 Å². The minimum absolute atomic E-state index is 0.0949. The highest BCUT2D eigenvalue weighted by Gasteiger charge is 2.17. The number of hydrogen-bond acceptors (Lipinski definition) is 2. The third-order valence-electron chi connectivity index (χ3n) is 4.36. The number of aromatic nitrogens is 2. The van der Waals surface area contributed by atoms with E-state index in [4.69, 9.17) is 0 Å². The molecular formula is C21H25N3O. The second-order valence-corrected chi connectivity index (χ2v) is 6.33. The van der Waals surface area contributed by atoms with Crippen molar-refractivity contribution in [3.05, 3.63) is 59.9 Å². The molecule has 1 aromatic heterocycles. The Hall–Kier alpha value is -2.62. The van der Waals surface area contributed by atoms with Crippen LogP contribution in [0, 0.1) is 6.92 Å². The molecule has 1 amide bonds. The monoisotopic (exact) mass is 335 g/mol. The van der Waals surface area contributed by atoms with Crippen LogP contribution in [-0.4, -0.2) is 33.4 Å². The maximum absolute atomic E-state index is 12.8. The van der Waals surface area contributed by atoms with Crippen LogP contribution in [0.5, 0.6) is 0 Å². The van der Waals surface area contributed by atoms with E-state index in [9.17, 15) is 4.79 Å². The third-order valence-corrected chi connectivity index (χ3v) is 4.36. The minimum atomic E-state index is 0.0949. The summed E-state index contributed by atoms with van der Waals surface area (Å²) in [5, 5.41) is 0. The molecule has 0 aliphatic carbocycles. The largest absolute Gasteiger partial charge is 0.339 e. The molecule has 0 atom stereocenters. The van der Waals surface area contributed by atoms with E-state index in [0.29, 0.717) is 5.56 Å². The van der Waals surface area contributed by atoms with Crippen molar-refractivity contribution in [3.8, 4) is 5.69 Å². The van der Waals surface area contributed by atoms with Gasteiger partial charge in [0.15, 0.2) is 0 Å². The van der Waals surface area contributed by atoms with E-state index in [1.165, 1.54) is 0 Å². The standard InChI is InChI=1S/C21H25N3O/c1-4-13-23(14-5-2)21(25)17-11-12-20-19(15-17)22-16(3)24(20)18-9-7-6-8-10-18/h6-12,15H,4-5,13-14H2,1-3H3. The van der Waals surface area contributed by atoms with E-state index >= 15 is 0 Å². The predicted molar refractivity (Wildman–Crippen MR) is 102 cm³/mol. The van der Waals surface area contributed by atoms with Crippen LogP contribution in [0.3, 0.4) is 0 Å². The van der Waals surface area contributed by atoms with Gasteiger partial charge in [-0.1, -0.05) is 32.0 Å². The molecule has 4 heteroatoms. The highest BCUT2D eigenvalue weighted by Crippen LogP contribution is 2.23. The van der Waals surface area contributed by atoms with Gasteiger partial charge in [0.1, 0.15) is 5.82 Å². The SMILES string of the molecule is CCCN(CCC)C(=O)c1ccc2c(c1)nc(C)n2-c1ccccc1. The van der Waals surface area contributed by atoms with E-state index in [0.717, 1.165) is 48.5 Å². The lowest BCUT2D eigenvalue weighted by atomic mass is 10.1. The van der Waals surface area contributed by atoms with Crippen LogP contribution >= 0.6 is 0 Å². The lowest BCUT2D eigenvalue weighted by molar-refractivity contribution is 0.0755. The maximum Gasteiger partial charge on any atom is 0.253 e. The number of carbonyl (C=O) groups excluding carboxylic acids is 1. The lowest BCUT2D eigenvalue weighted by Gasteiger charge is -2.21. The second-order valence-electron chi connectivity index (χ2n) is 6.33. The quantitative estimate of drug-likeness (QED) is 0.660. The molecule has 0 radical (unpaired) electrons. The first-order valence-corrected chi connectivity index (χ1v) is 8.99. The Morgan fingerprint density at radius 3 is 2.36 bits per heavy atom. The number of fused-ring (bicyclic) bond motifs is 1. The number of rotatable bonds is 6. The van der Waals surface area contributed by atoms with Crippen molar-refractivity contribution in [3.63, 3.8) is 0 Å². The number of amides is 1. The Morgan fingerprint density at radius 2 is 1.72 bits per heavy atom. The van der Waals surface area contributed by atoms with Crippen LogP contribution < -0.4 is 0 Å². The molecule has 0 N–H and O–H groups in total. The molecule has 3 rings (SSSR count). The molecule has 0 unspecified atom stereocenters. The summed E-state index contributed by atoms with van der Waals surface area (Å²) >= 11 is 0. The van der Waals surface area contributed by atoms with Gasteiger partial charge in [-0.25, -0.2) is 4.98 Å². The van der Waals surface area contributed by atoms with E-state index in [1.807, 2.05) is 48.2 Å². The van der Waals surface area contributed by atoms with Gasteiger partial charge in [0.2, 0.25) is 0 Å². The topological polar surface area (TPSA) is 38.1 Å². The molecule has 0 saturated carbocycles. The summed E-state index contributed by atoms with van der Waals surface area (Å²) in [6, 6.07) is 16.0. The van der Waals surface area contributed by atoms with Gasteiger partial charge in [-0.15, -0.1) is 0 Å². The Labute approximate surface area is 149 Å². The summed E-state index contributed by atoms with van der Waals surface area (Å²) in [4.78, 5) is 19.4. The van der Waals surface area contributed by atoms with Crippen molar-refractivity contribution in [2.45, 2.75) is 33.6 Å². The van der Waals surface area contributed by atoms with Crippen LogP contribution in [0.15, 0.2) is 48.5 Å². The molecule has 0 aliphatic rings. The highest BCUT2D eigenvalue weighted by molar-refractivity contribution is 5.97.